The maximum Gasteiger partial charge on any atom is 0.410 e. The molecule has 4 amide bonds. The number of hydrogen-bond donors (Lipinski definition) is 3. The number of nitrogens with two attached hydrogens (primary N) is 1. The quantitative estimate of drug-likeness (QED) is 0.104. The number of nitrogens with one attached hydrogen (secondary N) is 2. The van der Waals surface area contributed by atoms with Crippen molar-refractivity contribution < 1.29 is 37.9 Å². The van der Waals surface area contributed by atoms with Crippen molar-refractivity contribution in [3.63, 3.8) is 0 Å². The molecule has 15 heteroatoms. The Hall–Kier alpha value is -5.47. The van der Waals surface area contributed by atoms with Gasteiger partial charge in [0.1, 0.15) is 30.3 Å². The zero-order valence-electron chi connectivity index (χ0n) is 31.1. The lowest BCUT2D eigenvalue weighted by atomic mass is 10.0. The van der Waals surface area contributed by atoms with E-state index in [1.54, 1.807) is 65.6 Å². The van der Waals surface area contributed by atoms with Gasteiger partial charge in [-0.3, -0.25) is 14.4 Å². The van der Waals surface area contributed by atoms with Crippen LogP contribution in [0, 0.1) is 0 Å². The number of oxazole rings is 1. The Morgan fingerprint density at radius 3 is 2.39 bits per heavy atom. The number of carbonyl (C=O) groups is 5. The van der Waals surface area contributed by atoms with Crippen molar-refractivity contribution in [2.75, 3.05) is 26.2 Å². The minimum absolute atomic E-state index is 0.0147. The summed E-state index contributed by atoms with van der Waals surface area (Å²) in [5, 5.41) is 5.99. The topological polar surface area (TPSA) is 186 Å². The van der Waals surface area contributed by atoms with Crippen LogP contribution in [0.15, 0.2) is 83.3 Å². The number of likely N-dealkylation sites (tertiary alicyclic amines) is 2. The van der Waals surface area contributed by atoms with Crippen LogP contribution < -0.4 is 16.4 Å². The van der Waals surface area contributed by atoms with E-state index in [9.17, 15) is 24.0 Å². The number of ketones is 1. The summed E-state index contributed by atoms with van der Waals surface area (Å²) < 4.78 is 17.1. The van der Waals surface area contributed by atoms with Crippen molar-refractivity contribution in [2.45, 2.75) is 82.2 Å². The number of ether oxygens (including phenoxy) is 2. The summed E-state index contributed by atoms with van der Waals surface area (Å²) in [5.41, 5.74) is 8.07. The molecular formula is C41H47ClN6O8. The van der Waals surface area contributed by atoms with E-state index in [1.165, 1.54) is 4.90 Å². The van der Waals surface area contributed by atoms with Gasteiger partial charge in [-0.25, -0.2) is 14.6 Å². The summed E-state index contributed by atoms with van der Waals surface area (Å²) in [6, 6.07) is 19.5. The smallest absolute Gasteiger partial charge is 0.410 e. The van der Waals surface area contributed by atoms with E-state index in [0.717, 1.165) is 24.8 Å². The first-order chi connectivity index (χ1) is 27.2. The third kappa shape index (κ3) is 10.6. The van der Waals surface area contributed by atoms with Crippen LogP contribution >= 0.6 is 11.6 Å². The lowest BCUT2D eigenvalue weighted by Gasteiger charge is -2.29. The van der Waals surface area contributed by atoms with Gasteiger partial charge in [-0.1, -0.05) is 66.2 Å². The largest absolute Gasteiger partial charge is 0.445 e. The van der Waals surface area contributed by atoms with Crippen LogP contribution in [0.2, 0.25) is 5.02 Å². The van der Waals surface area contributed by atoms with Crippen LogP contribution in [-0.4, -0.2) is 95.0 Å². The Morgan fingerprint density at radius 2 is 1.64 bits per heavy atom. The Labute approximate surface area is 330 Å². The van der Waals surface area contributed by atoms with Crippen LogP contribution in [0.5, 0.6) is 0 Å². The van der Waals surface area contributed by atoms with Gasteiger partial charge < -0.3 is 40.1 Å². The van der Waals surface area contributed by atoms with Crippen molar-refractivity contribution in [3.05, 3.63) is 101 Å². The summed E-state index contributed by atoms with van der Waals surface area (Å²) in [4.78, 5) is 76.5. The van der Waals surface area contributed by atoms with E-state index in [-0.39, 0.29) is 38.3 Å². The molecule has 296 valence electrons. The average molecular weight is 787 g/mol. The Kier molecular flexibility index (Phi) is 13.9. The normalized spacial score (nSPS) is 17.9. The van der Waals surface area contributed by atoms with E-state index in [0.29, 0.717) is 54.2 Å². The van der Waals surface area contributed by atoms with Crippen molar-refractivity contribution in [1.82, 2.24) is 25.4 Å². The molecule has 0 radical (unpaired) electrons. The summed E-state index contributed by atoms with van der Waals surface area (Å²) in [7, 11) is 0. The highest BCUT2D eigenvalue weighted by molar-refractivity contribution is 6.30. The number of alkyl carbamates (subject to hydrolysis) is 1. The molecule has 0 spiro atoms. The molecule has 2 aliphatic rings. The number of carbonyl (C=O) groups excluding carboxylic acids is 5. The average Bonchev–Trinajstić information content (AvgIpc) is 3.85. The number of para-hydroxylation sites is 2. The van der Waals surface area contributed by atoms with Gasteiger partial charge in [0.25, 0.3) is 5.89 Å². The van der Waals surface area contributed by atoms with Crippen molar-refractivity contribution in [2.24, 2.45) is 5.73 Å². The monoisotopic (exact) mass is 786 g/mol. The molecule has 3 heterocycles. The second-order valence-electron chi connectivity index (χ2n) is 14.1. The number of piperidine rings is 1. The number of nitrogens with zero attached hydrogens (tertiary/aromatic N) is 3. The van der Waals surface area contributed by atoms with Gasteiger partial charge in [0.15, 0.2) is 5.58 Å². The number of rotatable bonds is 15. The van der Waals surface area contributed by atoms with Crippen LogP contribution in [-0.2, 0) is 32.1 Å². The SMILES string of the molecule is NCCCC[C@H](NC(=O)[C@@H]1C[C@@H](OC(=O)N2CCCCC2)CN1C(=O)[C@@H](Cc1cccc(Cl)c1)NC(=O)OCc1ccccc1)C(=O)c1nc2ccccc2o1. The van der Waals surface area contributed by atoms with E-state index in [1.807, 2.05) is 18.2 Å². The fraction of sp³-hybridized carbons (Fsp3) is 0.415. The third-order valence-corrected chi connectivity index (χ3v) is 10.2. The van der Waals surface area contributed by atoms with Crippen LogP contribution in [0.3, 0.4) is 0 Å². The van der Waals surface area contributed by atoms with Gasteiger partial charge in [-0.05, 0) is 80.5 Å². The first kappa shape index (κ1) is 40.2. The van der Waals surface area contributed by atoms with E-state index >= 15 is 0 Å². The number of halogens is 1. The molecule has 0 saturated carbocycles. The first-order valence-corrected chi connectivity index (χ1v) is 19.4. The number of amides is 4. The molecule has 56 heavy (non-hydrogen) atoms. The van der Waals surface area contributed by atoms with Gasteiger partial charge >= 0.3 is 12.2 Å². The second-order valence-corrected chi connectivity index (χ2v) is 14.5. The van der Waals surface area contributed by atoms with E-state index < -0.39 is 54.0 Å². The number of fused-ring (bicyclic) bond motifs is 1. The highest BCUT2D eigenvalue weighted by atomic mass is 35.5. The van der Waals surface area contributed by atoms with E-state index in [2.05, 4.69) is 15.6 Å². The minimum Gasteiger partial charge on any atom is -0.445 e. The van der Waals surface area contributed by atoms with Gasteiger partial charge in [0, 0.05) is 31.0 Å². The number of Topliss-reactive ketones (excluding diaryl/α,β-unsaturated/α-hetero) is 1. The molecule has 4 aromatic rings. The lowest BCUT2D eigenvalue weighted by molar-refractivity contribution is -0.140. The molecule has 6 rings (SSSR count). The van der Waals surface area contributed by atoms with Gasteiger partial charge in [-0.2, -0.15) is 0 Å². The number of aromatic nitrogens is 1. The first-order valence-electron chi connectivity index (χ1n) is 19.1. The summed E-state index contributed by atoms with van der Waals surface area (Å²) >= 11 is 6.28. The van der Waals surface area contributed by atoms with Crippen molar-refractivity contribution >= 4 is 52.5 Å². The molecule has 0 unspecified atom stereocenters. The van der Waals surface area contributed by atoms with Crippen LogP contribution in [0.1, 0.15) is 66.8 Å². The molecule has 2 saturated heterocycles. The molecule has 0 aliphatic carbocycles. The van der Waals surface area contributed by atoms with Crippen LogP contribution in [0.25, 0.3) is 11.1 Å². The minimum atomic E-state index is -1.20. The fourth-order valence-electron chi connectivity index (χ4n) is 7.03. The number of benzene rings is 3. The Morgan fingerprint density at radius 1 is 0.893 bits per heavy atom. The highest BCUT2D eigenvalue weighted by Gasteiger charge is 2.45. The summed E-state index contributed by atoms with van der Waals surface area (Å²) in [6.07, 6.45) is 1.86. The molecule has 4 N–H and O–H groups in total. The number of unbranched alkanes of at least 4 members (excludes halogenated alkanes) is 1. The van der Waals surface area contributed by atoms with Crippen LogP contribution in [0.4, 0.5) is 9.59 Å². The van der Waals surface area contributed by atoms with E-state index in [4.69, 9.17) is 31.2 Å². The third-order valence-electron chi connectivity index (χ3n) is 9.95. The molecule has 2 aliphatic heterocycles. The fourth-order valence-corrected chi connectivity index (χ4v) is 7.24. The Balaban J connectivity index is 1.25. The molecule has 14 nitrogen and oxygen atoms in total. The zero-order chi connectivity index (χ0) is 39.4. The standard InChI is InChI=1S/C41H47ClN6O8/c42-29-15-11-14-28(22-29)23-33(46-40(52)54-26-27-12-3-1-4-13-27)39(51)48-25-30(55-41(53)47-20-9-2-10-21-47)24-34(48)37(50)44-32(17-7-8-19-43)36(49)38-45-31-16-5-6-18-35(31)56-38/h1,3-6,11-16,18,22,30,32-34H,2,7-10,17,19-21,23-26,43H2,(H,44,50)(H,46,52)/t30-,32+,33-,34+/m1/s1. The maximum atomic E-state index is 14.6. The van der Waals surface area contributed by atoms with Gasteiger partial charge in [-0.15, -0.1) is 0 Å². The highest BCUT2D eigenvalue weighted by Crippen LogP contribution is 2.26. The van der Waals surface area contributed by atoms with Crippen molar-refractivity contribution in [3.8, 4) is 0 Å². The molecular weight excluding hydrogens is 740 g/mol. The maximum absolute atomic E-state index is 14.6. The molecule has 4 atom stereocenters. The Bertz CT molecular complexity index is 1950. The lowest BCUT2D eigenvalue weighted by Crippen LogP contribution is -2.56. The zero-order valence-corrected chi connectivity index (χ0v) is 31.8. The van der Waals surface area contributed by atoms with Crippen molar-refractivity contribution in [1.29, 1.82) is 0 Å². The predicted molar refractivity (Wildman–Crippen MR) is 208 cm³/mol. The van der Waals surface area contributed by atoms with Gasteiger partial charge in [0.05, 0.1) is 12.6 Å². The summed E-state index contributed by atoms with van der Waals surface area (Å²) in [6.45, 7) is 1.34. The van der Waals surface area contributed by atoms with Gasteiger partial charge in [0.2, 0.25) is 17.6 Å². The molecule has 2 fully saturated rings. The summed E-state index contributed by atoms with van der Waals surface area (Å²) in [5.74, 6) is -1.93. The number of hydrogen-bond acceptors (Lipinski definition) is 10. The molecule has 1 aromatic heterocycles. The predicted octanol–water partition coefficient (Wildman–Crippen LogP) is 5.41. The molecule has 3 aromatic carbocycles. The molecule has 0 bridgehead atoms. The second kappa shape index (κ2) is 19.4.